The van der Waals surface area contributed by atoms with E-state index in [1.165, 1.54) is 12.3 Å². The Hall–Kier alpha value is -1.30. The summed E-state index contributed by atoms with van der Waals surface area (Å²) in [6.45, 7) is 1.63. The first-order valence-electron chi connectivity index (χ1n) is 5.83. The van der Waals surface area contributed by atoms with Crippen LogP contribution in [0.3, 0.4) is 0 Å². The molecule has 0 aliphatic carbocycles. The van der Waals surface area contributed by atoms with Gasteiger partial charge in [0.1, 0.15) is 5.56 Å². The fraction of sp³-hybridized carbons (Fsp3) is 0.583. The van der Waals surface area contributed by atoms with E-state index >= 15 is 0 Å². The highest BCUT2D eigenvalue weighted by molar-refractivity contribution is 5.13. The zero-order chi connectivity index (χ0) is 13.2. The summed E-state index contributed by atoms with van der Waals surface area (Å²) in [6, 6.07) is 2.08. The van der Waals surface area contributed by atoms with Crippen molar-refractivity contribution >= 4 is 0 Å². The summed E-state index contributed by atoms with van der Waals surface area (Å²) in [4.78, 5) is 11.6. The van der Waals surface area contributed by atoms with Crippen molar-refractivity contribution in [1.29, 1.82) is 0 Å². The molecule has 1 aliphatic heterocycles. The second-order valence-corrected chi connectivity index (χ2v) is 4.44. The normalized spacial score (nSPS) is 20.3. The lowest BCUT2D eigenvalue weighted by atomic mass is 10.1. The molecule has 0 saturated carbocycles. The van der Waals surface area contributed by atoms with Crippen molar-refractivity contribution in [1.82, 2.24) is 4.57 Å². The molecule has 3 nitrogen and oxygen atoms in total. The minimum absolute atomic E-state index is 0.302. The Bertz CT molecular complexity index is 461. The maximum absolute atomic E-state index is 12.5. The average molecular weight is 261 g/mol. The summed E-state index contributed by atoms with van der Waals surface area (Å²) < 4.78 is 43.9. The number of hydrogen-bond donors (Lipinski definition) is 0. The number of aryl methyl sites for hydroxylation is 1. The van der Waals surface area contributed by atoms with Crippen LogP contribution in [0.25, 0.3) is 0 Å². The van der Waals surface area contributed by atoms with Gasteiger partial charge in [0, 0.05) is 26.0 Å². The average Bonchev–Trinajstić information content (AvgIpc) is 2.79. The van der Waals surface area contributed by atoms with Gasteiger partial charge < -0.3 is 9.30 Å². The fourth-order valence-electron chi connectivity index (χ4n) is 2.06. The molecule has 0 N–H and O–H groups in total. The molecule has 1 fully saturated rings. The zero-order valence-electron chi connectivity index (χ0n) is 9.74. The van der Waals surface area contributed by atoms with E-state index in [2.05, 4.69) is 0 Å². The van der Waals surface area contributed by atoms with Crippen molar-refractivity contribution in [2.45, 2.75) is 25.6 Å². The van der Waals surface area contributed by atoms with Crippen LogP contribution in [-0.4, -0.2) is 17.8 Å². The van der Waals surface area contributed by atoms with E-state index < -0.39 is 17.3 Å². The SMILES string of the molecule is O=c1c(C(F)(F)F)cccn1CC[C@@H]1CCOC1. The van der Waals surface area contributed by atoms with Crippen LogP contribution in [0.15, 0.2) is 23.1 Å². The lowest BCUT2D eigenvalue weighted by molar-refractivity contribution is -0.139. The third-order valence-electron chi connectivity index (χ3n) is 3.13. The molecule has 1 aliphatic rings. The van der Waals surface area contributed by atoms with Gasteiger partial charge in [-0.15, -0.1) is 0 Å². The third-order valence-corrected chi connectivity index (χ3v) is 3.13. The van der Waals surface area contributed by atoms with Crippen LogP contribution >= 0.6 is 0 Å². The monoisotopic (exact) mass is 261 g/mol. The Morgan fingerprint density at radius 3 is 2.83 bits per heavy atom. The number of aromatic nitrogens is 1. The van der Waals surface area contributed by atoms with Gasteiger partial charge in [-0.25, -0.2) is 0 Å². The van der Waals surface area contributed by atoms with Gasteiger partial charge in [0.15, 0.2) is 0 Å². The summed E-state index contributed by atoms with van der Waals surface area (Å²) in [6.07, 6.45) is -1.61. The number of rotatable bonds is 3. The summed E-state index contributed by atoms with van der Waals surface area (Å²) >= 11 is 0. The Kier molecular flexibility index (Phi) is 3.75. The number of ether oxygens (including phenoxy) is 1. The number of halogens is 3. The molecule has 2 rings (SSSR count). The highest BCUT2D eigenvalue weighted by Crippen LogP contribution is 2.26. The molecule has 100 valence electrons. The summed E-state index contributed by atoms with van der Waals surface area (Å²) in [5.41, 5.74) is -2.07. The van der Waals surface area contributed by atoms with E-state index in [0.29, 0.717) is 32.1 Å². The third kappa shape index (κ3) is 2.93. The Balaban J connectivity index is 2.11. The molecule has 1 atom stereocenters. The van der Waals surface area contributed by atoms with Gasteiger partial charge in [0.2, 0.25) is 0 Å². The van der Waals surface area contributed by atoms with Crippen LogP contribution in [-0.2, 0) is 17.5 Å². The molecule has 1 aromatic rings. The van der Waals surface area contributed by atoms with E-state index in [1.54, 1.807) is 0 Å². The Morgan fingerprint density at radius 1 is 1.44 bits per heavy atom. The first-order chi connectivity index (χ1) is 8.48. The second-order valence-electron chi connectivity index (χ2n) is 4.44. The standard InChI is InChI=1S/C12H14F3NO2/c13-12(14,15)10-2-1-5-16(11(10)17)6-3-9-4-7-18-8-9/h1-2,5,9H,3-4,6-8H2/t9-/m1/s1. The van der Waals surface area contributed by atoms with Gasteiger partial charge in [0.05, 0.1) is 0 Å². The van der Waals surface area contributed by atoms with Crippen LogP contribution in [0, 0.1) is 5.92 Å². The summed E-state index contributed by atoms with van der Waals surface area (Å²) in [7, 11) is 0. The van der Waals surface area contributed by atoms with Gasteiger partial charge in [-0.1, -0.05) is 0 Å². The van der Waals surface area contributed by atoms with E-state index in [4.69, 9.17) is 4.74 Å². The van der Waals surface area contributed by atoms with Crippen molar-refractivity contribution in [3.8, 4) is 0 Å². The van der Waals surface area contributed by atoms with Gasteiger partial charge in [0.25, 0.3) is 5.56 Å². The molecule has 0 radical (unpaired) electrons. The van der Waals surface area contributed by atoms with E-state index in [9.17, 15) is 18.0 Å². The molecule has 0 spiro atoms. The lowest BCUT2D eigenvalue weighted by Crippen LogP contribution is -2.28. The van der Waals surface area contributed by atoms with Crippen molar-refractivity contribution in [2.75, 3.05) is 13.2 Å². The number of pyridine rings is 1. The van der Waals surface area contributed by atoms with Gasteiger partial charge in [-0.3, -0.25) is 4.79 Å². The molecule has 0 unspecified atom stereocenters. The molecule has 2 heterocycles. The van der Waals surface area contributed by atoms with Gasteiger partial charge in [-0.05, 0) is 30.9 Å². The molecule has 6 heteroatoms. The van der Waals surface area contributed by atoms with E-state index in [0.717, 1.165) is 17.1 Å². The second kappa shape index (κ2) is 5.14. The zero-order valence-corrected chi connectivity index (χ0v) is 9.74. The van der Waals surface area contributed by atoms with E-state index in [1.807, 2.05) is 0 Å². The maximum Gasteiger partial charge on any atom is 0.421 e. The Morgan fingerprint density at radius 2 is 2.22 bits per heavy atom. The van der Waals surface area contributed by atoms with Gasteiger partial charge in [-0.2, -0.15) is 13.2 Å². The quantitative estimate of drug-likeness (QED) is 0.836. The van der Waals surface area contributed by atoms with Gasteiger partial charge >= 0.3 is 6.18 Å². The van der Waals surface area contributed by atoms with Crippen molar-refractivity contribution < 1.29 is 17.9 Å². The molecule has 0 bridgehead atoms. The van der Waals surface area contributed by atoms with Crippen LogP contribution < -0.4 is 5.56 Å². The molecular formula is C12H14F3NO2. The molecule has 0 amide bonds. The molecule has 1 saturated heterocycles. The topological polar surface area (TPSA) is 31.2 Å². The highest BCUT2D eigenvalue weighted by Gasteiger charge is 2.34. The number of nitrogens with zero attached hydrogens (tertiary/aromatic N) is 1. The number of alkyl halides is 3. The first kappa shape index (κ1) is 13.1. The van der Waals surface area contributed by atoms with Crippen LogP contribution in [0.4, 0.5) is 13.2 Å². The van der Waals surface area contributed by atoms with Crippen molar-refractivity contribution in [3.05, 3.63) is 34.2 Å². The van der Waals surface area contributed by atoms with Crippen LogP contribution in [0.2, 0.25) is 0 Å². The smallest absolute Gasteiger partial charge is 0.381 e. The summed E-state index contributed by atoms with van der Waals surface area (Å²) in [5, 5.41) is 0. The predicted octanol–water partition coefficient (Wildman–Crippen LogP) is 2.29. The van der Waals surface area contributed by atoms with Crippen LogP contribution in [0.1, 0.15) is 18.4 Å². The molecular weight excluding hydrogens is 247 g/mol. The molecule has 0 aromatic carbocycles. The van der Waals surface area contributed by atoms with Crippen LogP contribution in [0.5, 0.6) is 0 Å². The van der Waals surface area contributed by atoms with E-state index in [-0.39, 0.29) is 0 Å². The summed E-state index contributed by atoms with van der Waals surface area (Å²) in [5.74, 6) is 0.339. The largest absolute Gasteiger partial charge is 0.421 e. The van der Waals surface area contributed by atoms with Crippen molar-refractivity contribution in [3.63, 3.8) is 0 Å². The predicted molar refractivity (Wildman–Crippen MR) is 59.2 cm³/mol. The minimum atomic E-state index is -4.59. The minimum Gasteiger partial charge on any atom is -0.381 e. The maximum atomic E-state index is 12.5. The number of hydrogen-bond acceptors (Lipinski definition) is 2. The fourth-order valence-corrected chi connectivity index (χ4v) is 2.06. The first-order valence-corrected chi connectivity index (χ1v) is 5.83. The Labute approximate surface area is 102 Å². The molecule has 18 heavy (non-hydrogen) atoms. The van der Waals surface area contributed by atoms with Crippen molar-refractivity contribution in [2.24, 2.45) is 5.92 Å². The molecule has 1 aromatic heterocycles. The lowest BCUT2D eigenvalue weighted by Gasteiger charge is -2.12. The highest BCUT2D eigenvalue weighted by atomic mass is 19.4.